The van der Waals surface area contributed by atoms with Gasteiger partial charge in [-0.15, -0.1) is 0 Å². The molecule has 6 nitrogen and oxygen atoms in total. The Morgan fingerprint density at radius 2 is 1.89 bits per heavy atom. The van der Waals surface area contributed by atoms with E-state index in [1.165, 1.54) is 4.90 Å². The van der Waals surface area contributed by atoms with Crippen LogP contribution in [0.15, 0.2) is 59.5 Å². The van der Waals surface area contributed by atoms with E-state index >= 15 is 0 Å². The summed E-state index contributed by atoms with van der Waals surface area (Å²) in [6.45, 7) is 0.299. The summed E-state index contributed by atoms with van der Waals surface area (Å²) in [5, 5.41) is 8.35. The van der Waals surface area contributed by atoms with E-state index in [0.717, 1.165) is 17.3 Å². The van der Waals surface area contributed by atoms with E-state index in [0.29, 0.717) is 16.2 Å². The van der Waals surface area contributed by atoms with Crippen molar-refractivity contribution < 1.29 is 24.2 Å². The predicted molar refractivity (Wildman–Crippen MR) is 102 cm³/mol. The smallest absolute Gasteiger partial charge is 0.306 e. The first kappa shape index (κ1) is 18.7. The van der Waals surface area contributed by atoms with Crippen LogP contribution in [0, 0.1) is 0 Å². The Hall–Kier alpha value is -3.06. The zero-order valence-corrected chi connectivity index (χ0v) is 15.1. The number of benzene rings is 2. The van der Waals surface area contributed by atoms with E-state index in [2.05, 4.69) is 0 Å². The van der Waals surface area contributed by atoms with Crippen molar-refractivity contribution in [1.29, 1.82) is 0 Å². The molecule has 0 bridgehead atoms. The van der Waals surface area contributed by atoms with Crippen molar-refractivity contribution in [3.05, 3.63) is 70.6 Å². The Morgan fingerprint density at radius 3 is 2.63 bits per heavy atom. The largest absolute Gasteiger partial charge is 0.493 e. The Labute approximate surface area is 160 Å². The van der Waals surface area contributed by atoms with Crippen molar-refractivity contribution in [1.82, 2.24) is 4.90 Å². The average Bonchev–Trinajstić information content (AvgIpc) is 2.90. The lowest BCUT2D eigenvalue weighted by Gasteiger charge is -2.12. The lowest BCUT2D eigenvalue weighted by molar-refractivity contribution is -0.137. The van der Waals surface area contributed by atoms with Gasteiger partial charge in [0.05, 0.1) is 24.5 Å². The van der Waals surface area contributed by atoms with Crippen LogP contribution in [-0.2, 0) is 16.1 Å². The first-order chi connectivity index (χ1) is 13.0. The van der Waals surface area contributed by atoms with Crippen molar-refractivity contribution in [2.45, 2.75) is 13.0 Å². The van der Waals surface area contributed by atoms with Crippen LogP contribution in [0.4, 0.5) is 4.79 Å². The van der Waals surface area contributed by atoms with Crippen molar-refractivity contribution in [3.8, 4) is 5.75 Å². The number of rotatable bonds is 7. The lowest BCUT2D eigenvalue weighted by atomic mass is 10.2. The fraction of sp³-hybridized carbons (Fsp3) is 0.150. The van der Waals surface area contributed by atoms with E-state index < -0.39 is 5.97 Å². The number of amides is 2. The van der Waals surface area contributed by atoms with Gasteiger partial charge in [0.15, 0.2) is 0 Å². The van der Waals surface area contributed by atoms with Gasteiger partial charge >= 0.3 is 5.97 Å². The van der Waals surface area contributed by atoms with Gasteiger partial charge < -0.3 is 9.84 Å². The van der Waals surface area contributed by atoms with Gasteiger partial charge in [-0.2, -0.15) is 0 Å². The molecule has 7 heteroatoms. The second kappa shape index (κ2) is 8.55. The first-order valence-electron chi connectivity index (χ1n) is 8.27. The van der Waals surface area contributed by atoms with E-state index in [1.54, 1.807) is 30.3 Å². The molecule has 2 aromatic carbocycles. The second-order valence-electron chi connectivity index (χ2n) is 5.82. The molecule has 1 heterocycles. The van der Waals surface area contributed by atoms with Gasteiger partial charge in [0.2, 0.25) is 0 Å². The summed E-state index contributed by atoms with van der Waals surface area (Å²) in [5.41, 5.74) is 1.59. The van der Waals surface area contributed by atoms with E-state index in [9.17, 15) is 14.4 Å². The molecule has 1 saturated heterocycles. The molecule has 0 aliphatic carbocycles. The Balaban J connectivity index is 1.71. The minimum Gasteiger partial charge on any atom is -0.493 e. The monoisotopic (exact) mass is 383 g/mol. The van der Waals surface area contributed by atoms with Crippen LogP contribution in [0.25, 0.3) is 6.08 Å². The molecule has 0 radical (unpaired) electrons. The van der Waals surface area contributed by atoms with Gasteiger partial charge in [0.25, 0.3) is 11.1 Å². The molecule has 2 amide bonds. The molecule has 0 spiro atoms. The summed E-state index contributed by atoms with van der Waals surface area (Å²) in [6, 6.07) is 16.3. The fourth-order valence-corrected chi connectivity index (χ4v) is 3.34. The first-order valence-corrected chi connectivity index (χ1v) is 9.08. The maximum atomic E-state index is 12.6. The maximum absolute atomic E-state index is 12.6. The van der Waals surface area contributed by atoms with E-state index in [4.69, 9.17) is 9.84 Å². The van der Waals surface area contributed by atoms with Crippen molar-refractivity contribution in [2.24, 2.45) is 0 Å². The molecule has 1 aliphatic rings. The Kier molecular flexibility index (Phi) is 5.93. The number of aliphatic carboxylic acids is 1. The minimum absolute atomic E-state index is 0.0619. The highest BCUT2D eigenvalue weighted by molar-refractivity contribution is 8.18. The van der Waals surface area contributed by atoms with Gasteiger partial charge in [-0.1, -0.05) is 42.5 Å². The van der Waals surface area contributed by atoms with Crippen LogP contribution in [0.2, 0.25) is 0 Å². The molecular formula is C20H17NO5S. The molecule has 1 aliphatic heterocycles. The Bertz CT molecular complexity index is 894. The molecular weight excluding hydrogens is 366 g/mol. The quantitative estimate of drug-likeness (QED) is 0.733. The molecule has 0 unspecified atom stereocenters. The third-order valence-corrected chi connectivity index (χ3v) is 4.71. The van der Waals surface area contributed by atoms with Gasteiger partial charge in [0.1, 0.15) is 5.75 Å². The third kappa shape index (κ3) is 4.98. The highest BCUT2D eigenvalue weighted by atomic mass is 32.2. The van der Waals surface area contributed by atoms with Crippen LogP contribution >= 0.6 is 11.8 Å². The highest BCUT2D eigenvalue weighted by Crippen LogP contribution is 2.33. The van der Waals surface area contributed by atoms with Crippen LogP contribution in [-0.4, -0.2) is 33.7 Å². The normalized spacial score (nSPS) is 15.4. The summed E-state index contributed by atoms with van der Waals surface area (Å²) in [4.78, 5) is 36.9. The van der Waals surface area contributed by atoms with Crippen LogP contribution in [0.1, 0.15) is 17.5 Å². The van der Waals surface area contributed by atoms with Crippen molar-refractivity contribution >= 4 is 35.0 Å². The molecule has 2 aromatic rings. The third-order valence-electron chi connectivity index (χ3n) is 3.80. The Morgan fingerprint density at radius 1 is 1.11 bits per heavy atom. The number of thioether (sulfide) groups is 1. The molecule has 0 saturated carbocycles. The molecule has 138 valence electrons. The summed E-state index contributed by atoms with van der Waals surface area (Å²) in [5.74, 6) is -0.752. The number of carbonyl (C=O) groups is 3. The number of carbonyl (C=O) groups excluding carboxylic acids is 2. The number of hydrogen-bond donors (Lipinski definition) is 1. The fourth-order valence-electron chi connectivity index (χ4n) is 2.50. The molecule has 3 rings (SSSR count). The van der Waals surface area contributed by atoms with Gasteiger partial charge in [0, 0.05) is 0 Å². The van der Waals surface area contributed by atoms with Crippen molar-refractivity contribution in [3.63, 3.8) is 0 Å². The topological polar surface area (TPSA) is 83.9 Å². The minimum atomic E-state index is -0.932. The average molecular weight is 383 g/mol. The summed E-state index contributed by atoms with van der Waals surface area (Å²) in [7, 11) is 0. The van der Waals surface area contributed by atoms with Crippen LogP contribution in [0.3, 0.4) is 0 Å². The van der Waals surface area contributed by atoms with E-state index in [1.807, 2.05) is 30.3 Å². The number of carboxylic acid groups (broad SMARTS) is 1. The van der Waals surface area contributed by atoms with Gasteiger partial charge in [-0.3, -0.25) is 19.3 Å². The molecule has 1 N–H and O–H groups in total. The van der Waals surface area contributed by atoms with E-state index in [-0.39, 0.29) is 30.7 Å². The number of nitrogens with zero attached hydrogens (tertiary/aromatic N) is 1. The SMILES string of the molecule is O=C(O)CCOc1cccc(/C=C2/SC(=O)N(Cc3ccccc3)C2=O)c1. The van der Waals surface area contributed by atoms with Crippen LogP contribution in [0.5, 0.6) is 5.75 Å². The van der Waals surface area contributed by atoms with Gasteiger partial charge in [-0.05, 0) is 41.1 Å². The number of carboxylic acids is 1. The number of ether oxygens (including phenoxy) is 1. The standard InChI is InChI=1S/C20H17NO5S/c22-18(23)9-10-26-16-8-4-7-15(11-16)12-17-19(24)21(20(25)27-17)13-14-5-2-1-3-6-14/h1-8,11-12H,9-10,13H2,(H,22,23)/b17-12+. The maximum Gasteiger partial charge on any atom is 0.306 e. The summed E-state index contributed by atoms with van der Waals surface area (Å²) in [6.07, 6.45) is 1.54. The molecule has 1 fully saturated rings. The summed E-state index contributed by atoms with van der Waals surface area (Å²) >= 11 is 0.904. The zero-order chi connectivity index (χ0) is 19.2. The van der Waals surface area contributed by atoms with Gasteiger partial charge in [-0.25, -0.2) is 0 Å². The number of imide groups is 1. The lowest BCUT2D eigenvalue weighted by Crippen LogP contribution is -2.27. The predicted octanol–water partition coefficient (Wildman–Crippen LogP) is 3.78. The summed E-state index contributed by atoms with van der Waals surface area (Å²) < 4.78 is 5.39. The van der Waals surface area contributed by atoms with Crippen LogP contribution < -0.4 is 4.74 Å². The number of hydrogen-bond acceptors (Lipinski definition) is 5. The molecule has 27 heavy (non-hydrogen) atoms. The second-order valence-corrected chi connectivity index (χ2v) is 6.81. The highest BCUT2D eigenvalue weighted by Gasteiger charge is 2.34. The zero-order valence-electron chi connectivity index (χ0n) is 14.3. The van der Waals surface area contributed by atoms with Crippen molar-refractivity contribution in [2.75, 3.05) is 6.61 Å². The molecule has 0 atom stereocenters. The molecule has 0 aromatic heterocycles.